The molecule has 0 spiro atoms. The summed E-state index contributed by atoms with van der Waals surface area (Å²) >= 11 is 0. The van der Waals surface area contributed by atoms with Crippen molar-refractivity contribution in [3.05, 3.63) is 144 Å². The van der Waals surface area contributed by atoms with Gasteiger partial charge in [0.1, 0.15) is 11.4 Å². The summed E-state index contributed by atoms with van der Waals surface area (Å²) in [6, 6.07) is 46.7. The molecule has 0 radical (unpaired) electrons. The van der Waals surface area contributed by atoms with E-state index in [-0.39, 0.29) is 6.71 Å². The molecular formula is C46H30BN3O. The number of rotatable bonds is 2. The second kappa shape index (κ2) is 9.46. The van der Waals surface area contributed by atoms with E-state index in [1.54, 1.807) is 0 Å². The zero-order valence-corrected chi connectivity index (χ0v) is 28.5. The Balaban J connectivity index is 1.30. The van der Waals surface area contributed by atoms with E-state index in [0.717, 1.165) is 39.0 Å². The smallest absolute Gasteiger partial charge is 0.253 e. The zero-order valence-electron chi connectivity index (χ0n) is 28.5. The number of hydrogen-bond acceptors (Lipinski definition) is 3. The molecule has 2 aromatic heterocycles. The molecule has 3 aliphatic heterocycles. The molecule has 4 nitrogen and oxygen atoms in total. The number of fused-ring (bicyclic) bond motifs is 7. The van der Waals surface area contributed by atoms with Gasteiger partial charge in [0.05, 0.1) is 16.7 Å². The lowest BCUT2D eigenvalue weighted by molar-refractivity contribution is 0.669. The van der Waals surface area contributed by atoms with Crippen LogP contribution >= 0.6 is 0 Å². The highest BCUT2D eigenvalue weighted by Gasteiger charge is 2.47. The third-order valence-corrected chi connectivity index (χ3v) is 11.6. The Bertz CT molecular complexity index is 3020. The van der Waals surface area contributed by atoms with Crippen molar-refractivity contribution in [2.24, 2.45) is 0 Å². The first-order valence-corrected chi connectivity index (χ1v) is 17.8. The minimum absolute atomic E-state index is 0.0223. The highest BCUT2D eigenvalue weighted by Crippen LogP contribution is 2.48. The highest BCUT2D eigenvalue weighted by atomic mass is 16.3. The molecule has 238 valence electrons. The molecule has 0 N–H and O–H groups in total. The molecular weight excluding hydrogens is 621 g/mol. The number of aryl methyl sites for hydroxylation is 3. The molecule has 0 amide bonds. The normalized spacial score (nSPS) is 13.3. The first kappa shape index (κ1) is 27.5. The molecule has 5 heteroatoms. The van der Waals surface area contributed by atoms with Crippen LogP contribution in [0.25, 0.3) is 72.3 Å². The van der Waals surface area contributed by atoms with Gasteiger partial charge in [0.25, 0.3) is 6.71 Å². The number of nitrogens with zero attached hydrogens (tertiary/aromatic N) is 3. The summed E-state index contributed by atoms with van der Waals surface area (Å²) in [5.74, 6) is 1.00. The van der Waals surface area contributed by atoms with Crippen molar-refractivity contribution in [1.82, 2.24) is 9.55 Å². The van der Waals surface area contributed by atoms with Gasteiger partial charge in [-0.05, 0) is 113 Å². The predicted octanol–water partition coefficient (Wildman–Crippen LogP) is 9.78. The van der Waals surface area contributed by atoms with E-state index in [1.165, 1.54) is 83.5 Å². The van der Waals surface area contributed by atoms with Crippen LogP contribution in [0.5, 0.6) is 0 Å². The summed E-state index contributed by atoms with van der Waals surface area (Å²) in [7, 11) is 0. The zero-order chi connectivity index (χ0) is 33.7. The Morgan fingerprint density at radius 1 is 0.549 bits per heavy atom. The fourth-order valence-electron chi connectivity index (χ4n) is 9.68. The van der Waals surface area contributed by atoms with Crippen molar-refractivity contribution in [3.8, 4) is 39.3 Å². The Hall–Kier alpha value is -6.33. The number of para-hydroxylation sites is 2. The van der Waals surface area contributed by atoms with Crippen LogP contribution in [0.1, 0.15) is 16.7 Å². The van der Waals surface area contributed by atoms with E-state index >= 15 is 0 Å². The first-order chi connectivity index (χ1) is 25.1. The summed E-state index contributed by atoms with van der Waals surface area (Å²) in [6.45, 7) is 6.67. The lowest BCUT2D eigenvalue weighted by Crippen LogP contribution is -2.61. The third kappa shape index (κ3) is 3.34. The van der Waals surface area contributed by atoms with E-state index in [1.807, 2.05) is 0 Å². The van der Waals surface area contributed by atoms with Gasteiger partial charge in [-0.25, -0.2) is 4.98 Å². The molecule has 0 fully saturated rings. The van der Waals surface area contributed by atoms with Gasteiger partial charge in [-0.2, -0.15) is 0 Å². The molecule has 5 heterocycles. The van der Waals surface area contributed by atoms with Gasteiger partial charge in [-0.15, -0.1) is 0 Å². The lowest BCUT2D eigenvalue weighted by Gasteiger charge is -2.41. The second-order valence-electron chi connectivity index (χ2n) is 14.5. The maximum atomic E-state index is 6.75. The van der Waals surface area contributed by atoms with Crippen molar-refractivity contribution in [2.45, 2.75) is 20.8 Å². The maximum Gasteiger partial charge on any atom is 0.253 e. The van der Waals surface area contributed by atoms with Crippen molar-refractivity contribution < 1.29 is 4.42 Å². The van der Waals surface area contributed by atoms with E-state index in [2.05, 4.69) is 158 Å². The predicted molar refractivity (Wildman–Crippen MR) is 212 cm³/mol. The standard InChI is InChI=1S/C46H30BN3O/c1-25-23-37-43-38(24-25)50-44-34(48-46(50)40-26(2)11-8-12-27(40)3)22-21-32-29-14-5-4-13-28(29)31-16-9-18-35(41(31)47(43)42(32)44)49(37)36-19-10-17-33-30-15-6-7-20-39(30)51-45(33)36/h4-24H,1-3H3. The molecule has 0 bridgehead atoms. The molecule has 0 saturated heterocycles. The maximum absolute atomic E-state index is 6.75. The van der Waals surface area contributed by atoms with Crippen molar-refractivity contribution in [1.29, 1.82) is 0 Å². The van der Waals surface area contributed by atoms with Crippen LogP contribution in [0.4, 0.5) is 17.1 Å². The molecule has 7 aromatic carbocycles. The quantitative estimate of drug-likeness (QED) is 0.175. The second-order valence-corrected chi connectivity index (χ2v) is 14.5. The van der Waals surface area contributed by atoms with Gasteiger partial charge >= 0.3 is 0 Å². The number of aromatic nitrogens is 2. The SMILES string of the molecule is Cc1cc2c3c(c1)-n1c(-c4c(C)cccc4C)nc4ccc5c(c41)B3c1c(cccc1N2c1cccc2c1oc1ccccc12)-c1ccccc1-5. The van der Waals surface area contributed by atoms with Crippen molar-refractivity contribution >= 4 is 73.1 Å². The number of furan rings is 1. The Labute approximate surface area is 295 Å². The molecule has 12 rings (SSSR count). The van der Waals surface area contributed by atoms with Gasteiger partial charge in [0.2, 0.25) is 0 Å². The molecule has 0 aliphatic carbocycles. The number of benzene rings is 7. The topological polar surface area (TPSA) is 34.2 Å². The van der Waals surface area contributed by atoms with E-state index < -0.39 is 0 Å². The molecule has 9 aromatic rings. The van der Waals surface area contributed by atoms with Gasteiger partial charge < -0.3 is 9.32 Å². The summed E-state index contributed by atoms with van der Waals surface area (Å²) in [5.41, 5.74) is 22.6. The molecule has 51 heavy (non-hydrogen) atoms. The van der Waals surface area contributed by atoms with E-state index in [4.69, 9.17) is 9.40 Å². The van der Waals surface area contributed by atoms with Crippen LogP contribution in [0.3, 0.4) is 0 Å². The Kier molecular flexibility index (Phi) is 5.10. The van der Waals surface area contributed by atoms with E-state index in [9.17, 15) is 0 Å². The monoisotopic (exact) mass is 651 g/mol. The number of hydrogen-bond donors (Lipinski definition) is 0. The van der Waals surface area contributed by atoms with Crippen LogP contribution in [0.2, 0.25) is 0 Å². The van der Waals surface area contributed by atoms with Crippen LogP contribution in [0, 0.1) is 20.8 Å². The average molecular weight is 652 g/mol. The average Bonchev–Trinajstić information content (AvgIpc) is 3.69. The molecule has 0 atom stereocenters. The van der Waals surface area contributed by atoms with Crippen molar-refractivity contribution in [2.75, 3.05) is 4.90 Å². The minimum Gasteiger partial charge on any atom is -0.454 e. The van der Waals surface area contributed by atoms with Gasteiger partial charge in [-0.3, -0.25) is 4.57 Å². The fraction of sp³-hybridized carbons (Fsp3) is 0.0652. The highest BCUT2D eigenvalue weighted by molar-refractivity contribution is 7.02. The summed E-state index contributed by atoms with van der Waals surface area (Å²) in [5, 5.41) is 2.26. The molecule has 0 unspecified atom stereocenters. The largest absolute Gasteiger partial charge is 0.454 e. The number of anilines is 3. The fourth-order valence-corrected chi connectivity index (χ4v) is 9.68. The van der Waals surface area contributed by atoms with Crippen LogP contribution in [-0.4, -0.2) is 16.3 Å². The summed E-state index contributed by atoms with van der Waals surface area (Å²) < 4.78 is 9.25. The van der Waals surface area contributed by atoms with Gasteiger partial charge in [0.15, 0.2) is 5.58 Å². The summed E-state index contributed by atoms with van der Waals surface area (Å²) in [6.07, 6.45) is 0. The Morgan fingerprint density at radius 3 is 2.06 bits per heavy atom. The lowest BCUT2D eigenvalue weighted by atomic mass is 9.33. The Morgan fingerprint density at radius 2 is 1.22 bits per heavy atom. The third-order valence-electron chi connectivity index (χ3n) is 11.6. The van der Waals surface area contributed by atoms with E-state index in [0.29, 0.717) is 0 Å². The molecule has 3 aliphatic rings. The van der Waals surface area contributed by atoms with Crippen molar-refractivity contribution in [3.63, 3.8) is 0 Å². The van der Waals surface area contributed by atoms with Gasteiger partial charge in [0, 0.05) is 33.4 Å². The molecule has 0 saturated carbocycles. The summed E-state index contributed by atoms with van der Waals surface area (Å²) in [4.78, 5) is 7.99. The first-order valence-electron chi connectivity index (χ1n) is 17.8. The van der Waals surface area contributed by atoms with Gasteiger partial charge in [-0.1, -0.05) is 91.0 Å². The minimum atomic E-state index is 0.0223. The van der Waals surface area contributed by atoms with Crippen LogP contribution in [-0.2, 0) is 0 Å². The number of imidazole rings is 1. The van der Waals surface area contributed by atoms with Crippen LogP contribution in [0.15, 0.2) is 132 Å². The van der Waals surface area contributed by atoms with Crippen LogP contribution < -0.4 is 21.3 Å².